The van der Waals surface area contributed by atoms with E-state index in [0.717, 1.165) is 31.1 Å². The highest BCUT2D eigenvalue weighted by Crippen LogP contribution is 2.25. The molecule has 2 aromatic rings. The quantitative estimate of drug-likeness (QED) is 0.771. The van der Waals surface area contributed by atoms with E-state index in [0.29, 0.717) is 23.1 Å². The summed E-state index contributed by atoms with van der Waals surface area (Å²) in [5.74, 6) is -0.384. The molecular formula is C22H24ClFN2O2. The fourth-order valence-electron chi connectivity index (χ4n) is 3.76. The molecular weight excluding hydrogens is 379 g/mol. The summed E-state index contributed by atoms with van der Waals surface area (Å²) in [7, 11) is 0. The average molecular weight is 403 g/mol. The smallest absolute Gasteiger partial charge is 0.258 e. The van der Waals surface area contributed by atoms with E-state index in [1.807, 2.05) is 11.8 Å². The summed E-state index contributed by atoms with van der Waals surface area (Å²) in [5, 5.41) is 2.98. The monoisotopic (exact) mass is 402 g/mol. The number of halogens is 2. The zero-order chi connectivity index (χ0) is 20.4. The van der Waals surface area contributed by atoms with Gasteiger partial charge in [0.1, 0.15) is 5.82 Å². The Morgan fingerprint density at radius 1 is 1.11 bits per heavy atom. The topological polar surface area (TPSA) is 49.4 Å². The van der Waals surface area contributed by atoms with E-state index >= 15 is 0 Å². The molecule has 1 N–H and O–H groups in total. The van der Waals surface area contributed by atoms with Crippen LogP contribution >= 0.6 is 11.6 Å². The molecule has 0 bridgehead atoms. The third-order valence-electron chi connectivity index (χ3n) is 5.06. The third kappa shape index (κ3) is 4.53. The first kappa shape index (κ1) is 20.3. The van der Waals surface area contributed by atoms with Crippen molar-refractivity contribution in [3.63, 3.8) is 0 Å². The van der Waals surface area contributed by atoms with Crippen molar-refractivity contribution in [3.05, 3.63) is 63.9 Å². The van der Waals surface area contributed by atoms with Gasteiger partial charge >= 0.3 is 0 Å². The van der Waals surface area contributed by atoms with Crippen LogP contribution in [-0.4, -0.2) is 29.8 Å². The van der Waals surface area contributed by atoms with Crippen molar-refractivity contribution in [3.8, 4) is 0 Å². The van der Waals surface area contributed by atoms with Crippen LogP contribution in [0.1, 0.15) is 46.5 Å². The molecule has 0 aliphatic carbocycles. The van der Waals surface area contributed by atoms with Crippen LogP contribution in [0.4, 0.5) is 10.1 Å². The highest BCUT2D eigenvalue weighted by atomic mass is 35.5. The maximum Gasteiger partial charge on any atom is 0.258 e. The normalized spacial score (nSPS) is 19.4. The van der Waals surface area contributed by atoms with Crippen LogP contribution in [0.5, 0.6) is 0 Å². The predicted molar refractivity (Wildman–Crippen MR) is 109 cm³/mol. The number of carbonyl (C=O) groups is 2. The summed E-state index contributed by atoms with van der Waals surface area (Å²) in [4.78, 5) is 27.3. The third-order valence-corrected chi connectivity index (χ3v) is 5.30. The zero-order valence-electron chi connectivity index (χ0n) is 16.3. The number of aryl methyl sites for hydroxylation is 1. The molecule has 2 aromatic carbocycles. The number of piperidine rings is 1. The van der Waals surface area contributed by atoms with Crippen LogP contribution in [0.2, 0.25) is 5.02 Å². The van der Waals surface area contributed by atoms with Gasteiger partial charge in [0, 0.05) is 29.4 Å². The Morgan fingerprint density at radius 2 is 1.79 bits per heavy atom. The minimum absolute atomic E-state index is 0.0529. The predicted octanol–water partition coefficient (Wildman–Crippen LogP) is 5.16. The Balaban J connectivity index is 1.82. The maximum atomic E-state index is 14.0. The first-order chi connectivity index (χ1) is 13.2. The van der Waals surface area contributed by atoms with E-state index in [1.54, 1.807) is 18.2 Å². The Morgan fingerprint density at radius 3 is 2.46 bits per heavy atom. The molecule has 4 nitrogen and oxygen atoms in total. The minimum atomic E-state index is -0.650. The van der Waals surface area contributed by atoms with E-state index in [4.69, 9.17) is 11.6 Å². The van der Waals surface area contributed by atoms with Gasteiger partial charge in [0.15, 0.2) is 0 Å². The number of nitrogens with one attached hydrogen (secondary N) is 1. The number of benzene rings is 2. The molecule has 148 valence electrons. The molecule has 1 aliphatic rings. The molecule has 0 radical (unpaired) electrons. The molecule has 1 heterocycles. The number of anilines is 1. The molecule has 2 amide bonds. The van der Waals surface area contributed by atoms with Gasteiger partial charge in [-0.25, -0.2) is 4.39 Å². The summed E-state index contributed by atoms with van der Waals surface area (Å²) in [6.07, 6.45) is 1.12. The summed E-state index contributed by atoms with van der Waals surface area (Å²) in [6, 6.07) is 9.03. The van der Waals surface area contributed by atoms with Gasteiger partial charge in [-0.05, 0) is 61.1 Å². The van der Waals surface area contributed by atoms with Crippen LogP contribution in [0.3, 0.4) is 0 Å². The van der Waals surface area contributed by atoms with Crippen molar-refractivity contribution in [1.82, 2.24) is 4.90 Å². The first-order valence-electron chi connectivity index (χ1n) is 9.41. The summed E-state index contributed by atoms with van der Waals surface area (Å²) < 4.78 is 14.0. The van der Waals surface area contributed by atoms with Crippen molar-refractivity contribution >= 4 is 29.1 Å². The van der Waals surface area contributed by atoms with E-state index in [1.165, 1.54) is 12.1 Å². The highest BCUT2D eigenvalue weighted by molar-refractivity contribution is 6.31. The molecule has 2 atom stereocenters. The van der Waals surface area contributed by atoms with Crippen LogP contribution in [-0.2, 0) is 0 Å². The molecule has 3 rings (SSSR count). The second-order valence-corrected chi connectivity index (χ2v) is 8.20. The van der Waals surface area contributed by atoms with Gasteiger partial charge in [0.05, 0.1) is 5.56 Å². The van der Waals surface area contributed by atoms with Crippen molar-refractivity contribution in [2.24, 2.45) is 11.8 Å². The summed E-state index contributed by atoms with van der Waals surface area (Å²) >= 11 is 5.87. The number of likely N-dealkylation sites (tertiary alicyclic amines) is 1. The van der Waals surface area contributed by atoms with E-state index in [2.05, 4.69) is 19.2 Å². The van der Waals surface area contributed by atoms with Gasteiger partial charge in [-0.15, -0.1) is 0 Å². The maximum absolute atomic E-state index is 14.0. The summed E-state index contributed by atoms with van der Waals surface area (Å²) in [5.41, 5.74) is 1.64. The van der Waals surface area contributed by atoms with Gasteiger partial charge in [-0.1, -0.05) is 31.5 Å². The second kappa shape index (κ2) is 8.31. The standard InChI is InChI=1S/C22H24ClFN2O2/c1-13-8-14(2)12-26(11-13)22(28)16-5-4-15(3)20(9-16)25-21(27)18-10-17(23)6-7-19(18)24/h4-7,9-10,13-14H,8,11-12H2,1-3H3,(H,25,27). The van der Waals surface area contributed by atoms with Gasteiger partial charge in [0.25, 0.3) is 11.8 Å². The molecule has 0 spiro atoms. The first-order valence-corrected chi connectivity index (χ1v) is 9.78. The Kier molecular flexibility index (Phi) is 6.04. The van der Waals surface area contributed by atoms with E-state index in [-0.39, 0.29) is 16.5 Å². The molecule has 1 fully saturated rings. The fourth-order valence-corrected chi connectivity index (χ4v) is 3.93. The van der Waals surface area contributed by atoms with Crippen molar-refractivity contribution in [2.75, 3.05) is 18.4 Å². The van der Waals surface area contributed by atoms with Crippen molar-refractivity contribution in [1.29, 1.82) is 0 Å². The largest absolute Gasteiger partial charge is 0.338 e. The molecule has 6 heteroatoms. The Bertz CT molecular complexity index is 905. The molecule has 0 saturated carbocycles. The van der Waals surface area contributed by atoms with Crippen LogP contribution in [0.15, 0.2) is 36.4 Å². The second-order valence-electron chi connectivity index (χ2n) is 7.76. The Hall–Kier alpha value is -2.40. The number of rotatable bonds is 3. The van der Waals surface area contributed by atoms with Crippen LogP contribution in [0, 0.1) is 24.6 Å². The number of amides is 2. The lowest BCUT2D eigenvalue weighted by Gasteiger charge is -2.35. The van der Waals surface area contributed by atoms with Crippen molar-refractivity contribution in [2.45, 2.75) is 27.2 Å². The molecule has 0 aromatic heterocycles. The lowest BCUT2D eigenvalue weighted by Crippen LogP contribution is -2.42. The van der Waals surface area contributed by atoms with Crippen LogP contribution in [0.25, 0.3) is 0 Å². The van der Waals surface area contributed by atoms with Crippen molar-refractivity contribution < 1.29 is 14.0 Å². The lowest BCUT2D eigenvalue weighted by atomic mass is 9.91. The lowest BCUT2D eigenvalue weighted by molar-refractivity contribution is 0.0623. The molecule has 1 aliphatic heterocycles. The number of hydrogen-bond acceptors (Lipinski definition) is 2. The SMILES string of the molecule is Cc1ccc(C(=O)N2CC(C)CC(C)C2)cc1NC(=O)c1cc(Cl)ccc1F. The highest BCUT2D eigenvalue weighted by Gasteiger charge is 2.26. The Labute approximate surface area is 169 Å². The van der Waals surface area contributed by atoms with E-state index in [9.17, 15) is 14.0 Å². The number of carbonyl (C=O) groups excluding carboxylic acids is 2. The molecule has 1 saturated heterocycles. The van der Waals surface area contributed by atoms with E-state index < -0.39 is 11.7 Å². The van der Waals surface area contributed by atoms with Gasteiger partial charge in [-0.2, -0.15) is 0 Å². The zero-order valence-corrected chi connectivity index (χ0v) is 17.0. The van der Waals surface area contributed by atoms with Gasteiger partial charge in [-0.3, -0.25) is 9.59 Å². The fraction of sp³-hybridized carbons (Fsp3) is 0.364. The van der Waals surface area contributed by atoms with Gasteiger partial charge in [0.2, 0.25) is 0 Å². The molecule has 2 unspecified atom stereocenters. The molecule has 28 heavy (non-hydrogen) atoms. The van der Waals surface area contributed by atoms with Crippen LogP contribution < -0.4 is 5.32 Å². The summed E-state index contributed by atoms with van der Waals surface area (Å²) in [6.45, 7) is 7.58. The number of hydrogen-bond donors (Lipinski definition) is 1. The number of nitrogens with zero attached hydrogens (tertiary/aromatic N) is 1. The van der Waals surface area contributed by atoms with Gasteiger partial charge < -0.3 is 10.2 Å². The average Bonchev–Trinajstić information content (AvgIpc) is 2.64. The minimum Gasteiger partial charge on any atom is -0.338 e.